The highest BCUT2D eigenvalue weighted by atomic mass is 16.3. The summed E-state index contributed by atoms with van der Waals surface area (Å²) in [5.74, 6) is 0. The van der Waals surface area contributed by atoms with Crippen molar-refractivity contribution in [3.63, 3.8) is 0 Å². The number of hydrogen-bond acceptors (Lipinski definition) is 2. The lowest BCUT2D eigenvalue weighted by molar-refractivity contribution is 0.189. The van der Waals surface area contributed by atoms with E-state index in [0.717, 1.165) is 13.0 Å². The van der Waals surface area contributed by atoms with Crippen LogP contribution in [0.4, 0.5) is 0 Å². The molecule has 2 nitrogen and oxygen atoms in total. The Bertz CT molecular complexity index is 72.0. The van der Waals surface area contributed by atoms with E-state index in [9.17, 15) is 0 Å². The number of aliphatic hydroxyl groups is 1. The summed E-state index contributed by atoms with van der Waals surface area (Å²) < 4.78 is 0. The minimum absolute atomic E-state index is 0.101. The summed E-state index contributed by atoms with van der Waals surface area (Å²) in [6.45, 7) is 11.3. The van der Waals surface area contributed by atoms with Crippen LogP contribution < -0.4 is 5.32 Å². The molecule has 2 N–H and O–H groups in total. The highest BCUT2D eigenvalue weighted by Gasteiger charge is 2.13. The largest absolute Gasteiger partial charge is 0.394 e. The van der Waals surface area contributed by atoms with Gasteiger partial charge in [-0.05, 0) is 26.8 Å². The third-order valence-corrected chi connectivity index (χ3v) is 1.25. The molecule has 0 aromatic carbocycles. The van der Waals surface area contributed by atoms with Crippen molar-refractivity contribution in [1.29, 1.82) is 0 Å². The van der Waals surface area contributed by atoms with Crippen molar-refractivity contribution in [2.24, 2.45) is 0 Å². The third-order valence-electron chi connectivity index (χ3n) is 1.25. The lowest BCUT2D eigenvalue weighted by Crippen LogP contribution is -2.42. The first-order valence-electron chi connectivity index (χ1n) is 4.48. The fourth-order valence-electron chi connectivity index (χ4n) is 0.519. The van der Waals surface area contributed by atoms with Crippen molar-refractivity contribution >= 4 is 0 Å². The van der Waals surface area contributed by atoms with Gasteiger partial charge in [0.2, 0.25) is 0 Å². The van der Waals surface area contributed by atoms with Gasteiger partial charge in [-0.3, -0.25) is 0 Å². The molecule has 0 bridgehead atoms. The second-order valence-electron chi connectivity index (χ2n) is 2.97. The molecule has 0 saturated carbocycles. The lowest BCUT2D eigenvalue weighted by Gasteiger charge is -2.22. The zero-order valence-electron chi connectivity index (χ0n) is 8.57. The van der Waals surface area contributed by atoms with Gasteiger partial charge in [-0.25, -0.2) is 0 Å². The average Bonchev–Trinajstić information content (AvgIpc) is 2.05. The van der Waals surface area contributed by atoms with E-state index in [1.165, 1.54) is 0 Å². The van der Waals surface area contributed by atoms with Crippen molar-refractivity contribution in [3.05, 3.63) is 0 Å². The van der Waals surface area contributed by atoms with E-state index in [1.807, 2.05) is 27.7 Å². The van der Waals surface area contributed by atoms with E-state index in [-0.39, 0.29) is 12.1 Å². The van der Waals surface area contributed by atoms with Crippen LogP contribution in [0.5, 0.6) is 0 Å². The quantitative estimate of drug-likeness (QED) is 0.659. The molecule has 2 heteroatoms. The summed E-state index contributed by atoms with van der Waals surface area (Å²) in [6, 6.07) is 0. The van der Waals surface area contributed by atoms with Gasteiger partial charge < -0.3 is 10.4 Å². The summed E-state index contributed by atoms with van der Waals surface area (Å²) in [4.78, 5) is 0. The van der Waals surface area contributed by atoms with Crippen molar-refractivity contribution < 1.29 is 5.11 Å². The molecule has 0 heterocycles. The molecule has 0 atom stereocenters. The van der Waals surface area contributed by atoms with Crippen LogP contribution in [0.3, 0.4) is 0 Å². The van der Waals surface area contributed by atoms with Gasteiger partial charge in [-0.1, -0.05) is 20.8 Å². The standard InChI is InChI=1S/C7H17NO.C2H6/c1-4-5-8-7(2,3)6-9;1-2/h8-9H,4-6H2,1-3H3;1-2H3. The maximum Gasteiger partial charge on any atom is 0.0607 e. The normalized spacial score (nSPS) is 10.4. The Morgan fingerprint density at radius 1 is 1.27 bits per heavy atom. The predicted octanol–water partition coefficient (Wildman–Crippen LogP) is 1.78. The van der Waals surface area contributed by atoms with E-state index in [2.05, 4.69) is 12.2 Å². The molecule has 0 amide bonds. The molecule has 0 aliphatic heterocycles. The van der Waals surface area contributed by atoms with Gasteiger partial charge >= 0.3 is 0 Å². The molecule has 0 radical (unpaired) electrons. The molecule has 70 valence electrons. The predicted molar refractivity (Wildman–Crippen MR) is 50.8 cm³/mol. The van der Waals surface area contributed by atoms with Crippen LogP contribution in [-0.2, 0) is 0 Å². The van der Waals surface area contributed by atoms with E-state index in [1.54, 1.807) is 0 Å². The van der Waals surface area contributed by atoms with E-state index >= 15 is 0 Å². The first-order valence-corrected chi connectivity index (χ1v) is 4.48. The van der Waals surface area contributed by atoms with Gasteiger partial charge in [0.1, 0.15) is 0 Å². The molecule has 11 heavy (non-hydrogen) atoms. The van der Waals surface area contributed by atoms with Crippen molar-refractivity contribution in [2.75, 3.05) is 13.2 Å². The van der Waals surface area contributed by atoms with Crippen LogP contribution in [-0.4, -0.2) is 23.8 Å². The summed E-state index contributed by atoms with van der Waals surface area (Å²) in [7, 11) is 0. The molecule has 0 aliphatic carbocycles. The highest BCUT2D eigenvalue weighted by Crippen LogP contribution is 1.98. The fraction of sp³-hybridized carbons (Fsp3) is 1.00. The van der Waals surface area contributed by atoms with Crippen LogP contribution >= 0.6 is 0 Å². The highest BCUT2D eigenvalue weighted by molar-refractivity contribution is 4.74. The molecule has 0 rings (SSSR count). The van der Waals surface area contributed by atoms with Crippen molar-refractivity contribution in [1.82, 2.24) is 5.32 Å². The lowest BCUT2D eigenvalue weighted by atomic mass is 10.1. The van der Waals surface area contributed by atoms with Crippen LogP contribution in [0.15, 0.2) is 0 Å². The Hall–Kier alpha value is -0.0800. The van der Waals surface area contributed by atoms with Crippen LogP contribution in [0.2, 0.25) is 0 Å². The zero-order valence-corrected chi connectivity index (χ0v) is 8.57. The Labute approximate surface area is 71.0 Å². The van der Waals surface area contributed by atoms with E-state index in [0.29, 0.717) is 0 Å². The minimum atomic E-state index is -0.101. The van der Waals surface area contributed by atoms with E-state index in [4.69, 9.17) is 5.11 Å². The van der Waals surface area contributed by atoms with Gasteiger partial charge in [-0.15, -0.1) is 0 Å². The maximum atomic E-state index is 8.76. The average molecular weight is 161 g/mol. The molecule has 0 unspecified atom stereocenters. The van der Waals surface area contributed by atoms with Crippen LogP contribution in [0.25, 0.3) is 0 Å². The summed E-state index contributed by atoms with van der Waals surface area (Å²) in [5.41, 5.74) is -0.101. The Morgan fingerprint density at radius 2 is 1.73 bits per heavy atom. The molecule has 0 saturated heterocycles. The molecule has 0 fully saturated rings. The summed E-state index contributed by atoms with van der Waals surface area (Å²) in [6.07, 6.45) is 1.11. The van der Waals surface area contributed by atoms with Gasteiger partial charge in [-0.2, -0.15) is 0 Å². The molecule has 0 spiro atoms. The topological polar surface area (TPSA) is 32.3 Å². The zero-order chi connectivity index (χ0) is 9.33. The second-order valence-corrected chi connectivity index (χ2v) is 2.97. The summed E-state index contributed by atoms with van der Waals surface area (Å²) in [5, 5.41) is 12.0. The Morgan fingerprint density at radius 3 is 2.00 bits per heavy atom. The van der Waals surface area contributed by atoms with Crippen LogP contribution in [0, 0.1) is 0 Å². The van der Waals surface area contributed by atoms with Crippen molar-refractivity contribution in [2.45, 2.75) is 46.6 Å². The third kappa shape index (κ3) is 9.92. The van der Waals surface area contributed by atoms with Crippen molar-refractivity contribution in [3.8, 4) is 0 Å². The van der Waals surface area contributed by atoms with Gasteiger partial charge in [0.05, 0.1) is 6.61 Å². The fourth-order valence-corrected chi connectivity index (χ4v) is 0.519. The Balaban J connectivity index is 0. The van der Waals surface area contributed by atoms with E-state index < -0.39 is 0 Å². The molecule has 0 aliphatic rings. The molecular formula is C9H23NO. The number of nitrogens with one attached hydrogen (secondary N) is 1. The molecule has 0 aromatic heterocycles. The number of rotatable bonds is 4. The number of aliphatic hydroxyl groups excluding tert-OH is 1. The Kier molecular flexibility index (Phi) is 9.85. The second kappa shape index (κ2) is 8.02. The van der Waals surface area contributed by atoms with Gasteiger partial charge in [0.15, 0.2) is 0 Å². The molecular weight excluding hydrogens is 138 g/mol. The monoisotopic (exact) mass is 161 g/mol. The van der Waals surface area contributed by atoms with Crippen LogP contribution in [0.1, 0.15) is 41.0 Å². The summed E-state index contributed by atoms with van der Waals surface area (Å²) >= 11 is 0. The van der Waals surface area contributed by atoms with Gasteiger partial charge in [0, 0.05) is 5.54 Å². The minimum Gasteiger partial charge on any atom is -0.394 e. The number of hydrogen-bond donors (Lipinski definition) is 2. The maximum absolute atomic E-state index is 8.76. The first kappa shape index (κ1) is 13.5. The molecule has 0 aromatic rings. The first-order chi connectivity index (χ1) is 5.12. The van der Waals surface area contributed by atoms with Gasteiger partial charge in [0.25, 0.3) is 0 Å². The SMILES string of the molecule is CC.CCCNC(C)(C)CO. The smallest absolute Gasteiger partial charge is 0.0607 e.